The second-order valence-electron chi connectivity index (χ2n) is 7.24. The minimum atomic E-state index is -0.854. The molecule has 2 amide bonds. The van der Waals surface area contributed by atoms with Gasteiger partial charge in [0, 0.05) is 31.6 Å². The third kappa shape index (κ3) is 5.19. The van der Waals surface area contributed by atoms with E-state index >= 15 is 0 Å². The zero-order chi connectivity index (χ0) is 20.1. The number of anilines is 1. The second kappa shape index (κ2) is 8.69. The number of hydrogen-bond acceptors (Lipinski definition) is 3. The molecule has 1 fully saturated rings. The molecule has 2 aromatic rings. The first-order valence-corrected chi connectivity index (χ1v) is 9.35. The number of carboxylic acid groups (broad SMARTS) is 1. The highest BCUT2D eigenvalue weighted by Gasteiger charge is 2.34. The van der Waals surface area contributed by atoms with Crippen LogP contribution >= 0.6 is 0 Å². The van der Waals surface area contributed by atoms with Crippen LogP contribution < -0.4 is 5.32 Å². The van der Waals surface area contributed by atoms with Crippen LogP contribution in [0.5, 0.6) is 0 Å². The number of nitrogens with one attached hydrogen (secondary N) is 1. The molecule has 1 aliphatic rings. The van der Waals surface area contributed by atoms with Gasteiger partial charge in [0.2, 0.25) is 11.8 Å². The Balaban J connectivity index is 1.58. The smallest absolute Gasteiger partial charge is 0.303 e. The Morgan fingerprint density at radius 3 is 2.61 bits per heavy atom. The molecule has 0 saturated carbocycles. The zero-order valence-electron chi connectivity index (χ0n) is 15.9. The Morgan fingerprint density at radius 2 is 1.89 bits per heavy atom. The average molecular weight is 380 g/mol. The van der Waals surface area contributed by atoms with Crippen LogP contribution in [0.25, 0.3) is 0 Å². The van der Waals surface area contributed by atoms with E-state index in [1.807, 2.05) is 37.3 Å². The van der Waals surface area contributed by atoms with Gasteiger partial charge in [0.1, 0.15) is 0 Å². The van der Waals surface area contributed by atoms with Gasteiger partial charge in [-0.2, -0.15) is 0 Å². The van der Waals surface area contributed by atoms with E-state index in [1.165, 1.54) is 5.56 Å². The molecular weight excluding hydrogens is 356 g/mol. The van der Waals surface area contributed by atoms with Crippen LogP contribution in [0, 0.1) is 12.8 Å². The van der Waals surface area contributed by atoms with Crippen molar-refractivity contribution in [2.24, 2.45) is 5.92 Å². The molecule has 1 aliphatic heterocycles. The van der Waals surface area contributed by atoms with Crippen LogP contribution in [0.4, 0.5) is 5.69 Å². The molecule has 1 heterocycles. The van der Waals surface area contributed by atoms with E-state index in [4.69, 9.17) is 5.11 Å². The van der Waals surface area contributed by atoms with Crippen molar-refractivity contribution in [3.05, 3.63) is 65.2 Å². The van der Waals surface area contributed by atoms with Gasteiger partial charge in [-0.15, -0.1) is 0 Å². The third-order valence-corrected chi connectivity index (χ3v) is 4.90. The number of carbonyl (C=O) groups excluding carboxylic acids is 2. The fraction of sp³-hybridized carbons (Fsp3) is 0.318. The summed E-state index contributed by atoms with van der Waals surface area (Å²) in [5, 5.41) is 11.7. The highest BCUT2D eigenvalue weighted by Crippen LogP contribution is 2.22. The van der Waals surface area contributed by atoms with E-state index in [1.54, 1.807) is 23.1 Å². The Labute approximate surface area is 164 Å². The van der Waals surface area contributed by atoms with Gasteiger partial charge in [-0.3, -0.25) is 14.4 Å². The highest BCUT2D eigenvalue weighted by atomic mass is 16.4. The first-order valence-electron chi connectivity index (χ1n) is 9.35. The number of rotatable bonds is 7. The summed E-state index contributed by atoms with van der Waals surface area (Å²) in [6.45, 7) is 2.92. The fourth-order valence-corrected chi connectivity index (χ4v) is 3.31. The summed E-state index contributed by atoms with van der Waals surface area (Å²) >= 11 is 0. The minimum Gasteiger partial charge on any atom is -0.481 e. The average Bonchev–Trinajstić information content (AvgIpc) is 3.03. The summed E-state index contributed by atoms with van der Waals surface area (Å²) in [7, 11) is 0. The van der Waals surface area contributed by atoms with Crippen LogP contribution in [0.15, 0.2) is 48.5 Å². The monoisotopic (exact) mass is 380 g/mol. The van der Waals surface area contributed by atoms with E-state index in [-0.39, 0.29) is 30.6 Å². The number of benzene rings is 2. The number of likely N-dealkylation sites (tertiary alicyclic amines) is 1. The van der Waals surface area contributed by atoms with Gasteiger partial charge in [-0.25, -0.2) is 0 Å². The van der Waals surface area contributed by atoms with E-state index in [2.05, 4.69) is 5.32 Å². The molecule has 3 rings (SSSR count). The van der Waals surface area contributed by atoms with E-state index < -0.39 is 5.97 Å². The molecule has 6 heteroatoms. The van der Waals surface area contributed by atoms with Crippen molar-refractivity contribution in [3.8, 4) is 0 Å². The van der Waals surface area contributed by atoms with E-state index in [0.717, 1.165) is 11.1 Å². The molecule has 146 valence electrons. The summed E-state index contributed by atoms with van der Waals surface area (Å²) in [6.07, 6.45) is 0.657. The van der Waals surface area contributed by atoms with Crippen LogP contribution in [0.3, 0.4) is 0 Å². The fourth-order valence-electron chi connectivity index (χ4n) is 3.31. The van der Waals surface area contributed by atoms with Crippen LogP contribution in [-0.2, 0) is 27.3 Å². The molecule has 6 nitrogen and oxygen atoms in total. The maximum Gasteiger partial charge on any atom is 0.303 e. The topological polar surface area (TPSA) is 86.7 Å². The lowest BCUT2D eigenvalue weighted by atomic mass is 10.1. The maximum atomic E-state index is 12.6. The lowest BCUT2D eigenvalue weighted by Crippen LogP contribution is -2.28. The summed E-state index contributed by atoms with van der Waals surface area (Å²) in [4.78, 5) is 37.3. The molecule has 1 saturated heterocycles. The first kappa shape index (κ1) is 19.6. The zero-order valence-corrected chi connectivity index (χ0v) is 15.9. The number of nitrogens with zero attached hydrogens (tertiary/aromatic N) is 1. The molecule has 1 atom stereocenters. The largest absolute Gasteiger partial charge is 0.481 e. The highest BCUT2D eigenvalue weighted by molar-refractivity contribution is 5.97. The Morgan fingerprint density at radius 1 is 1.14 bits per heavy atom. The summed E-state index contributed by atoms with van der Waals surface area (Å²) in [5.41, 5.74) is 3.69. The summed E-state index contributed by atoms with van der Waals surface area (Å²) < 4.78 is 0. The Kier molecular flexibility index (Phi) is 6.09. The van der Waals surface area contributed by atoms with Gasteiger partial charge in [0.15, 0.2) is 0 Å². The van der Waals surface area contributed by atoms with Crippen molar-refractivity contribution in [2.45, 2.75) is 32.7 Å². The molecule has 0 aromatic heterocycles. The molecule has 0 aliphatic carbocycles. The molecule has 1 unspecified atom stereocenters. The quantitative estimate of drug-likeness (QED) is 0.773. The van der Waals surface area contributed by atoms with Crippen molar-refractivity contribution in [1.82, 2.24) is 4.90 Å². The molecular formula is C22H24N2O4. The van der Waals surface area contributed by atoms with Crippen molar-refractivity contribution < 1.29 is 19.5 Å². The third-order valence-electron chi connectivity index (χ3n) is 4.90. The molecule has 0 bridgehead atoms. The number of amides is 2. The number of carbonyl (C=O) groups is 3. The molecule has 0 spiro atoms. The van der Waals surface area contributed by atoms with Crippen LogP contribution in [0.2, 0.25) is 0 Å². The lowest BCUT2D eigenvalue weighted by molar-refractivity contribution is -0.137. The SMILES string of the molecule is Cc1ccc(CN2CC(C(=O)Nc3cccc(CCC(=O)O)c3)CC2=O)cc1. The molecule has 2 aromatic carbocycles. The Hall–Kier alpha value is -3.15. The van der Waals surface area contributed by atoms with Gasteiger partial charge in [-0.05, 0) is 36.6 Å². The van der Waals surface area contributed by atoms with Gasteiger partial charge < -0.3 is 15.3 Å². The van der Waals surface area contributed by atoms with Crippen molar-refractivity contribution in [2.75, 3.05) is 11.9 Å². The van der Waals surface area contributed by atoms with E-state index in [9.17, 15) is 14.4 Å². The predicted octanol–water partition coefficient (Wildman–Crippen LogP) is 3.00. The number of aliphatic carboxylic acids is 1. The number of hydrogen-bond donors (Lipinski definition) is 2. The van der Waals surface area contributed by atoms with Gasteiger partial charge in [-0.1, -0.05) is 42.0 Å². The molecule has 2 N–H and O–H groups in total. The summed E-state index contributed by atoms with van der Waals surface area (Å²) in [5.74, 6) is -1.45. The van der Waals surface area contributed by atoms with Crippen molar-refractivity contribution in [1.29, 1.82) is 0 Å². The normalized spacial score (nSPS) is 16.2. The van der Waals surface area contributed by atoms with Crippen LogP contribution in [0.1, 0.15) is 29.5 Å². The van der Waals surface area contributed by atoms with Gasteiger partial charge in [0.25, 0.3) is 0 Å². The minimum absolute atomic E-state index is 0.0177. The van der Waals surface area contributed by atoms with Crippen molar-refractivity contribution in [3.63, 3.8) is 0 Å². The second-order valence-corrected chi connectivity index (χ2v) is 7.24. The number of carboxylic acids is 1. The number of aryl methyl sites for hydroxylation is 2. The molecule has 0 radical (unpaired) electrons. The Bertz CT molecular complexity index is 876. The standard InChI is InChI=1S/C22H24N2O4/c1-15-5-7-17(8-6-15)13-24-14-18(12-20(24)25)22(28)23-19-4-2-3-16(11-19)9-10-21(26)27/h2-8,11,18H,9-10,12-14H2,1H3,(H,23,28)(H,26,27). The molecule has 28 heavy (non-hydrogen) atoms. The van der Waals surface area contributed by atoms with Gasteiger partial charge in [0.05, 0.1) is 5.92 Å². The van der Waals surface area contributed by atoms with E-state index in [0.29, 0.717) is 25.2 Å². The lowest BCUT2D eigenvalue weighted by Gasteiger charge is -2.17. The maximum absolute atomic E-state index is 12.6. The van der Waals surface area contributed by atoms with Gasteiger partial charge >= 0.3 is 5.97 Å². The van der Waals surface area contributed by atoms with Crippen LogP contribution in [-0.4, -0.2) is 34.3 Å². The predicted molar refractivity (Wildman–Crippen MR) is 106 cm³/mol. The van der Waals surface area contributed by atoms with Crippen molar-refractivity contribution >= 4 is 23.5 Å². The first-order chi connectivity index (χ1) is 13.4. The summed E-state index contributed by atoms with van der Waals surface area (Å²) in [6, 6.07) is 15.2.